The Bertz CT molecular complexity index is 216. The van der Waals surface area contributed by atoms with E-state index in [-0.39, 0.29) is 18.4 Å². The molecule has 0 aromatic carbocycles. The lowest BCUT2D eigenvalue weighted by molar-refractivity contribution is -0.126. The van der Waals surface area contributed by atoms with Gasteiger partial charge in [0.2, 0.25) is 11.8 Å². The van der Waals surface area contributed by atoms with Crippen LogP contribution in [0.4, 0.5) is 0 Å². The molecule has 0 rings (SSSR count). The normalized spacial score (nSPS) is 11.6. The van der Waals surface area contributed by atoms with Crippen molar-refractivity contribution < 1.29 is 9.59 Å². The van der Waals surface area contributed by atoms with Gasteiger partial charge in [-0.2, -0.15) is 0 Å². The lowest BCUT2D eigenvalue weighted by Crippen LogP contribution is -2.44. The van der Waals surface area contributed by atoms with Crippen LogP contribution in [0.2, 0.25) is 0 Å². The molecule has 0 aliphatic heterocycles. The molecule has 4 N–H and O–H groups in total. The molecule has 0 aliphatic rings. The van der Waals surface area contributed by atoms with Crippen molar-refractivity contribution in [3.63, 3.8) is 0 Å². The van der Waals surface area contributed by atoms with Crippen LogP contribution >= 0.6 is 0 Å². The summed E-state index contributed by atoms with van der Waals surface area (Å²) in [4.78, 5) is 22.1. The van der Waals surface area contributed by atoms with Gasteiger partial charge in [-0.25, -0.2) is 0 Å². The molecule has 0 heterocycles. The average molecular weight is 199 g/mol. The number of nitrogens with two attached hydrogens (primary N) is 1. The number of amides is 2. The Morgan fingerprint density at radius 1 is 1.50 bits per heavy atom. The molecule has 5 heteroatoms. The second-order valence-electron chi connectivity index (χ2n) is 2.80. The first-order valence-corrected chi connectivity index (χ1v) is 4.52. The van der Waals surface area contributed by atoms with E-state index in [0.29, 0.717) is 13.0 Å². The lowest BCUT2D eigenvalue weighted by Gasteiger charge is -2.09. The second-order valence-corrected chi connectivity index (χ2v) is 2.80. The molecule has 0 aliphatic carbocycles. The zero-order chi connectivity index (χ0) is 11.0. The standard InChI is InChI=1S/C9H17N3O2/c1-3-5-7(10)9(14)12-6-8(13)11-4-2/h3,7H,1,4-6,10H2,2H3,(H,11,13)(H,12,14). The fraction of sp³-hybridized carbons (Fsp3) is 0.556. The Morgan fingerprint density at radius 2 is 2.14 bits per heavy atom. The third-order valence-electron chi connectivity index (χ3n) is 1.55. The predicted molar refractivity (Wildman–Crippen MR) is 54.5 cm³/mol. The van der Waals surface area contributed by atoms with Gasteiger partial charge in [-0.1, -0.05) is 6.08 Å². The molecular formula is C9H17N3O2. The molecule has 0 saturated heterocycles. The van der Waals surface area contributed by atoms with Crippen molar-refractivity contribution in [2.24, 2.45) is 5.73 Å². The Kier molecular flexibility index (Phi) is 6.39. The van der Waals surface area contributed by atoms with Crippen molar-refractivity contribution in [2.75, 3.05) is 13.1 Å². The summed E-state index contributed by atoms with van der Waals surface area (Å²) in [5.41, 5.74) is 5.47. The molecular weight excluding hydrogens is 182 g/mol. The van der Waals surface area contributed by atoms with Crippen molar-refractivity contribution in [1.82, 2.24) is 10.6 Å². The van der Waals surface area contributed by atoms with Crippen LogP contribution in [0, 0.1) is 0 Å². The van der Waals surface area contributed by atoms with Crippen molar-refractivity contribution in [2.45, 2.75) is 19.4 Å². The van der Waals surface area contributed by atoms with Crippen molar-refractivity contribution in [3.05, 3.63) is 12.7 Å². The van der Waals surface area contributed by atoms with E-state index in [2.05, 4.69) is 17.2 Å². The van der Waals surface area contributed by atoms with Crippen molar-refractivity contribution >= 4 is 11.8 Å². The smallest absolute Gasteiger partial charge is 0.239 e. The lowest BCUT2D eigenvalue weighted by atomic mass is 10.2. The number of hydrogen-bond acceptors (Lipinski definition) is 3. The summed E-state index contributed by atoms with van der Waals surface area (Å²) in [6, 6.07) is -0.623. The van der Waals surface area contributed by atoms with E-state index in [1.54, 1.807) is 6.08 Å². The largest absolute Gasteiger partial charge is 0.355 e. The summed E-state index contributed by atoms with van der Waals surface area (Å²) in [5.74, 6) is -0.553. The molecule has 80 valence electrons. The van der Waals surface area contributed by atoms with Gasteiger partial charge >= 0.3 is 0 Å². The molecule has 5 nitrogen and oxygen atoms in total. The van der Waals surface area contributed by atoms with E-state index in [1.807, 2.05) is 6.92 Å². The molecule has 0 spiro atoms. The van der Waals surface area contributed by atoms with E-state index >= 15 is 0 Å². The average Bonchev–Trinajstić information content (AvgIpc) is 2.15. The maximum absolute atomic E-state index is 11.2. The van der Waals surface area contributed by atoms with Crippen LogP contribution in [0.5, 0.6) is 0 Å². The van der Waals surface area contributed by atoms with Crippen LogP contribution in [0.3, 0.4) is 0 Å². The van der Waals surface area contributed by atoms with Crippen LogP contribution in [-0.2, 0) is 9.59 Å². The van der Waals surface area contributed by atoms with E-state index in [1.165, 1.54) is 0 Å². The van der Waals surface area contributed by atoms with E-state index in [0.717, 1.165) is 0 Å². The van der Waals surface area contributed by atoms with E-state index in [9.17, 15) is 9.59 Å². The van der Waals surface area contributed by atoms with Gasteiger partial charge < -0.3 is 16.4 Å². The number of carbonyl (C=O) groups is 2. The van der Waals surface area contributed by atoms with Crippen LogP contribution in [0.25, 0.3) is 0 Å². The van der Waals surface area contributed by atoms with Crippen LogP contribution in [0.1, 0.15) is 13.3 Å². The Labute approximate surface area is 83.7 Å². The molecule has 0 aromatic heterocycles. The first-order chi connectivity index (χ1) is 6.61. The highest BCUT2D eigenvalue weighted by molar-refractivity contribution is 5.87. The van der Waals surface area contributed by atoms with Gasteiger partial charge in [0.1, 0.15) is 0 Å². The summed E-state index contributed by atoms with van der Waals surface area (Å²) in [7, 11) is 0. The van der Waals surface area contributed by atoms with Crippen LogP contribution in [0.15, 0.2) is 12.7 Å². The molecule has 0 aromatic rings. The van der Waals surface area contributed by atoms with Gasteiger partial charge in [-0.05, 0) is 13.3 Å². The quantitative estimate of drug-likeness (QED) is 0.487. The SMILES string of the molecule is C=CCC(N)C(=O)NCC(=O)NCC. The van der Waals surface area contributed by atoms with Crippen LogP contribution < -0.4 is 16.4 Å². The minimum absolute atomic E-state index is 0.0302. The van der Waals surface area contributed by atoms with Gasteiger partial charge in [0.25, 0.3) is 0 Å². The molecule has 2 amide bonds. The Morgan fingerprint density at radius 3 is 2.64 bits per heavy atom. The summed E-state index contributed by atoms with van der Waals surface area (Å²) in [6.07, 6.45) is 1.97. The minimum Gasteiger partial charge on any atom is -0.355 e. The monoisotopic (exact) mass is 199 g/mol. The van der Waals surface area contributed by atoms with Crippen LogP contribution in [-0.4, -0.2) is 30.9 Å². The molecule has 1 unspecified atom stereocenters. The highest BCUT2D eigenvalue weighted by Gasteiger charge is 2.11. The fourth-order valence-electron chi connectivity index (χ4n) is 0.845. The highest BCUT2D eigenvalue weighted by Crippen LogP contribution is 1.87. The molecule has 0 radical (unpaired) electrons. The number of hydrogen-bond donors (Lipinski definition) is 3. The molecule has 14 heavy (non-hydrogen) atoms. The second kappa shape index (κ2) is 7.08. The van der Waals surface area contributed by atoms with Gasteiger partial charge in [0.15, 0.2) is 0 Å². The maximum atomic E-state index is 11.2. The summed E-state index contributed by atoms with van der Waals surface area (Å²) in [6.45, 7) is 5.80. The Balaban J connectivity index is 3.72. The molecule has 0 saturated carbocycles. The van der Waals surface area contributed by atoms with Gasteiger partial charge in [0, 0.05) is 6.54 Å². The van der Waals surface area contributed by atoms with Crippen molar-refractivity contribution in [3.8, 4) is 0 Å². The zero-order valence-electron chi connectivity index (χ0n) is 8.38. The van der Waals surface area contributed by atoms with Gasteiger partial charge in [-0.3, -0.25) is 9.59 Å². The summed E-state index contributed by atoms with van der Waals surface area (Å²) >= 11 is 0. The predicted octanol–water partition coefficient (Wildman–Crippen LogP) is -0.858. The van der Waals surface area contributed by atoms with Gasteiger partial charge in [-0.15, -0.1) is 6.58 Å². The molecule has 0 fully saturated rings. The van der Waals surface area contributed by atoms with E-state index in [4.69, 9.17) is 5.73 Å². The number of carbonyl (C=O) groups excluding carboxylic acids is 2. The summed E-state index contributed by atoms with van der Waals surface area (Å²) < 4.78 is 0. The van der Waals surface area contributed by atoms with Gasteiger partial charge in [0.05, 0.1) is 12.6 Å². The highest BCUT2D eigenvalue weighted by atomic mass is 16.2. The third-order valence-corrected chi connectivity index (χ3v) is 1.55. The third kappa shape index (κ3) is 5.31. The molecule has 0 bridgehead atoms. The summed E-state index contributed by atoms with van der Waals surface area (Å²) in [5, 5.41) is 4.99. The van der Waals surface area contributed by atoms with Crippen molar-refractivity contribution in [1.29, 1.82) is 0 Å². The maximum Gasteiger partial charge on any atom is 0.239 e. The molecule has 1 atom stereocenters. The fourth-order valence-corrected chi connectivity index (χ4v) is 0.845. The first-order valence-electron chi connectivity index (χ1n) is 4.52. The Hall–Kier alpha value is -1.36. The number of likely N-dealkylation sites (N-methyl/N-ethyl adjacent to an activating group) is 1. The first kappa shape index (κ1) is 12.6. The number of rotatable bonds is 6. The minimum atomic E-state index is -0.623. The number of nitrogens with one attached hydrogen (secondary N) is 2. The topological polar surface area (TPSA) is 84.2 Å². The zero-order valence-corrected chi connectivity index (χ0v) is 8.38. The van der Waals surface area contributed by atoms with E-state index < -0.39 is 6.04 Å².